The minimum Gasteiger partial charge on any atom is -0.381 e. The van der Waals surface area contributed by atoms with Gasteiger partial charge >= 0.3 is 0 Å². The second-order valence-electron chi connectivity index (χ2n) is 5.34. The molecule has 1 aliphatic rings. The van der Waals surface area contributed by atoms with Crippen LogP contribution in [-0.4, -0.2) is 5.91 Å². The number of benzene rings is 2. The molecule has 1 aliphatic heterocycles. The molecule has 0 atom stereocenters. The molecule has 21 heavy (non-hydrogen) atoms. The van der Waals surface area contributed by atoms with Crippen molar-refractivity contribution in [2.45, 2.75) is 26.3 Å². The molecule has 0 saturated carbocycles. The summed E-state index contributed by atoms with van der Waals surface area (Å²) in [4.78, 5) is 11.3. The summed E-state index contributed by atoms with van der Waals surface area (Å²) in [5, 5.41) is 6.22. The van der Waals surface area contributed by atoms with Crippen LogP contribution in [0.4, 0.5) is 15.8 Å². The summed E-state index contributed by atoms with van der Waals surface area (Å²) in [7, 11) is 0. The lowest BCUT2D eigenvalue weighted by Crippen LogP contribution is -2.19. The maximum Gasteiger partial charge on any atom is 0.224 e. The number of carbonyl (C=O) groups is 1. The highest BCUT2D eigenvalue weighted by Gasteiger charge is 2.14. The number of amides is 1. The van der Waals surface area contributed by atoms with Gasteiger partial charge in [0.25, 0.3) is 0 Å². The first-order valence-corrected chi connectivity index (χ1v) is 7.03. The van der Waals surface area contributed by atoms with Crippen LogP contribution in [0.5, 0.6) is 0 Å². The van der Waals surface area contributed by atoms with E-state index in [-0.39, 0.29) is 11.7 Å². The summed E-state index contributed by atoms with van der Waals surface area (Å²) < 4.78 is 13.1. The number of aryl methyl sites for hydroxylation is 2. The summed E-state index contributed by atoms with van der Waals surface area (Å²) >= 11 is 0. The van der Waals surface area contributed by atoms with Crippen molar-refractivity contribution >= 4 is 17.3 Å². The summed E-state index contributed by atoms with van der Waals surface area (Å²) in [5.74, 6) is -0.133. The molecule has 0 saturated heterocycles. The van der Waals surface area contributed by atoms with Crippen molar-refractivity contribution < 1.29 is 9.18 Å². The molecular formula is C17H17FN2O. The molecule has 2 aromatic carbocycles. The number of hydrogen-bond donors (Lipinski definition) is 2. The highest BCUT2D eigenvalue weighted by Crippen LogP contribution is 2.26. The van der Waals surface area contributed by atoms with Crippen LogP contribution in [0.2, 0.25) is 0 Å². The maximum atomic E-state index is 13.1. The summed E-state index contributed by atoms with van der Waals surface area (Å²) in [6.45, 7) is 2.56. The lowest BCUT2D eigenvalue weighted by molar-refractivity contribution is -0.116. The number of anilines is 2. The standard InChI is InChI=1S/C17H17FN2O/c1-11-8-14(18)4-2-13(11)10-19-15-5-6-16-12(9-15)3-7-17(21)20-16/h2,4-6,8-9,19H,3,7,10H2,1H3,(H,20,21). The van der Waals surface area contributed by atoms with Crippen molar-refractivity contribution in [2.24, 2.45) is 0 Å². The molecule has 0 radical (unpaired) electrons. The maximum absolute atomic E-state index is 13.1. The Labute approximate surface area is 123 Å². The number of halogens is 1. The number of fused-ring (bicyclic) bond motifs is 1. The van der Waals surface area contributed by atoms with Gasteiger partial charge in [0.05, 0.1) is 0 Å². The third kappa shape index (κ3) is 3.05. The SMILES string of the molecule is Cc1cc(F)ccc1CNc1ccc2c(c1)CCC(=O)N2. The van der Waals surface area contributed by atoms with E-state index in [1.54, 1.807) is 12.1 Å². The first-order valence-electron chi connectivity index (χ1n) is 7.03. The fraction of sp³-hybridized carbons (Fsp3) is 0.235. The quantitative estimate of drug-likeness (QED) is 0.903. The molecule has 1 heterocycles. The lowest BCUT2D eigenvalue weighted by Gasteiger charge is -2.18. The van der Waals surface area contributed by atoms with E-state index in [9.17, 15) is 9.18 Å². The van der Waals surface area contributed by atoms with E-state index in [0.29, 0.717) is 13.0 Å². The zero-order valence-electron chi connectivity index (χ0n) is 11.9. The predicted octanol–water partition coefficient (Wildman–Crippen LogP) is 3.63. The van der Waals surface area contributed by atoms with E-state index in [4.69, 9.17) is 0 Å². The normalized spacial score (nSPS) is 13.5. The number of rotatable bonds is 3. The predicted molar refractivity (Wildman–Crippen MR) is 81.9 cm³/mol. The molecule has 2 N–H and O–H groups in total. The van der Waals surface area contributed by atoms with Crippen LogP contribution in [0, 0.1) is 12.7 Å². The minimum absolute atomic E-state index is 0.0742. The minimum atomic E-state index is -0.208. The number of nitrogens with one attached hydrogen (secondary N) is 2. The molecule has 1 amide bonds. The smallest absolute Gasteiger partial charge is 0.224 e. The van der Waals surface area contributed by atoms with Crippen molar-refractivity contribution in [1.82, 2.24) is 0 Å². The summed E-state index contributed by atoms with van der Waals surface area (Å²) in [5.41, 5.74) is 5.06. The molecule has 108 valence electrons. The molecular weight excluding hydrogens is 267 g/mol. The van der Waals surface area contributed by atoms with Gasteiger partial charge in [-0.15, -0.1) is 0 Å². The Bertz CT molecular complexity index is 697. The molecule has 0 aromatic heterocycles. The topological polar surface area (TPSA) is 41.1 Å². The number of carbonyl (C=O) groups excluding carboxylic acids is 1. The van der Waals surface area contributed by atoms with Crippen LogP contribution in [0.15, 0.2) is 36.4 Å². The molecule has 2 aromatic rings. The Morgan fingerprint density at radius 3 is 2.86 bits per heavy atom. The van der Waals surface area contributed by atoms with Crippen LogP contribution in [-0.2, 0) is 17.8 Å². The number of hydrogen-bond acceptors (Lipinski definition) is 2. The molecule has 0 fully saturated rings. The largest absolute Gasteiger partial charge is 0.381 e. The Balaban J connectivity index is 1.72. The Hall–Kier alpha value is -2.36. The second-order valence-corrected chi connectivity index (χ2v) is 5.34. The third-order valence-corrected chi connectivity index (χ3v) is 3.79. The molecule has 0 bridgehead atoms. The molecule has 0 unspecified atom stereocenters. The average Bonchev–Trinajstić information content (AvgIpc) is 2.46. The fourth-order valence-corrected chi connectivity index (χ4v) is 2.55. The van der Waals surface area contributed by atoms with E-state index in [0.717, 1.165) is 34.5 Å². The van der Waals surface area contributed by atoms with Gasteiger partial charge in [0.1, 0.15) is 5.82 Å². The van der Waals surface area contributed by atoms with Crippen molar-refractivity contribution in [3.05, 3.63) is 58.9 Å². The van der Waals surface area contributed by atoms with Gasteiger partial charge in [-0.05, 0) is 60.4 Å². The zero-order chi connectivity index (χ0) is 14.8. The van der Waals surface area contributed by atoms with Gasteiger partial charge in [0.15, 0.2) is 0 Å². The van der Waals surface area contributed by atoms with Gasteiger partial charge in [0, 0.05) is 24.3 Å². The van der Waals surface area contributed by atoms with Gasteiger partial charge in [-0.25, -0.2) is 4.39 Å². The Morgan fingerprint density at radius 1 is 1.19 bits per heavy atom. The van der Waals surface area contributed by atoms with Crippen molar-refractivity contribution in [3.63, 3.8) is 0 Å². The van der Waals surface area contributed by atoms with Crippen molar-refractivity contribution in [1.29, 1.82) is 0 Å². The van der Waals surface area contributed by atoms with E-state index in [1.165, 1.54) is 6.07 Å². The lowest BCUT2D eigenvalue weighted by atomic mass is 10.0. The Morgan fingerprint density at radius 2 is 2.05 bits per heavy atom. The molecule has 3 rings (SSSR count). The summed E-state index contributed by atoms with van der Waals surface area (Å²) in [6.07, 6.45) is 1.31. The zero-order valence-corrected chi connectivity index (χ0v) is 11.9. The summed E-state index contributed by atoms with van der Waals surface area (Å²) in [6, 6.07) is 10.8. The van der Waals surface area contributed by atoms with Gasteiger partial charge in [-0.1, -0.05) is 6.07 Å². The van der Waals surface area contributed by atoms with Crippen LogP contribution >= 0.6 is 0 Å². The van der Waals surface area contributed by atoms with Gasteiger partial charge < -0.3 is 10.6 Å². The highest BCUT2D eigenvalue weighted by molar-refractivity contribution is 5.94. The second kappa shape index (κ2) is 5.56. The van der Waals surface area contributed by atoms with Crippen molar-refractivity contribution in [2.75, 3.05) is 10.6 Å². The molecule has 3 nitrogen and oxygen atoms in total. The average molecular weight is 284 g/mol. The monoisotopic (exact) mass is 284 g/mol. The van der Waals surface area contributed by atoms with E-state index in [1.807, 2.05) is 19.1 Å². The van der Waals surface area contributed by atoms with Crippen LogP contribution < -0.4 is 10.6 Å². The molecule has 0 spiro atoms. The van der Waals surface area contributed by atoms with Gasteiger partial charge in [0.2, 0.25) is 5.91 Å². The van der Waals surface area contributed by atoms with Crippen LogP contribution in [0.1, 0.15) is 23.1 Å². The molecule has 4 heteroatoms. The first-order chi connectivity index (χ1) is 10.1. The third-order valence-electron chi connectivity index (χ3n) is 3.79. The van der Waals surface area contributed by atoms with Gasteiger partial charge in [-0.2, -0.15) is 0 Å². The van der Waals surface area contributed by atoms with Crippen molar-refractivity contribution in [3.8, 4) is 0 Å². The Kier molecular flexibility index (Phi) is 3.60. The highest BCUT2D eigenvalue weighted by atomic mass is 19.1. The van der Waals surface area contributed by atoms with E-state index in [2.05, 4.69) is 16.7 Å². The fourth-order valence-electron chi connectivity index (χ4n) is 2.55. The van der Waals surface area contributed by atoms with Gasteiger partial charge in [-0.3, -0.25) is 4.79 Å². The van der Waals surface area contributed by atoms with E-state index < -0.39 is 0 Å². The van der Waals surface area contributed by atoms with Crippen LogP contribution in [0.3, 0.4) is 0 Å². The van der Waals surface area contributed by atoms with Crippen LogP contribution in [0.25, 0.3) is 0 Å². The molecule has 0 aliphatic carbocycles. The van der Waals surface area contributed by atoms with E-state index >= 15 is 0 Å². The first kappa shape index (κ1) is 13.6.